The molecule has 0 amide bonds. The van der Waals surface area contributed by atoms with Crippen LogP contribution in [0.2, 0.25) is 0 Å². The molecule has 1 unspecified atom stereocenters. The molecule has 0 saturated carbocycles. The van der Waals surface area contributed by atoms with Gasteiger partial charge in [0.2, 0.25) is 0 Å². The molecule has 5 heteroatoms. The van der Waals surface area contributed by atoms with Crippen LogP contribution in [-0.2, 0) is 10.6 Å². The number of halogens is 2. The molecule has 1 fully saturated rings. The lowest BCUT2D eigenvalue weighted by molar-refractivity contribution is 0.0215. The minimum absolute atomic E-state index is 0.317. The van der Waals surface area contributed by atoms with Gasteiger partial charge in [0.05, 0.1) is 12.0 Å². The Morgan fingerprint density at radius 3 is 3.06 bits per heavy atom. The number of hydrogen-bond acceptors (Lipinski definition) is 3. The Kier molecular flexibility index (Phi) is 5.27. The molecular formula is C13H18BrClN2O. The van der Waals surface area contributed by atoms with Crippen molar-refractivity contribution < 1.29 is 4.74 Å². The predicted molar refractivity (Wildman–Crippen MR) is 78.4 cm³/mol. The fraction of sp³-hybridized carbons (Fsp3) is 0.615. The zero-order chi connectivity index (χ0) is 13.0. The summed E-state index contributed by atoms with van der Waals surface area (Å²) in [5.41, 5.74) is 1.05. The van der Waals surface area contributed by atoms with Crippen LogP contribution in [0.5, 0.6) is 0 Å². The average molecular weight is 334 g/mol. The van der Waals surface area contributed by atoms with Crippen molar-refractivity contribution in [3.05, 3.63) is 22.3 Å². The van der Waals surface area contributed by atoms with E-state index in [2.05, 4.69) is 25.8 Å². The van der Waals surface area contributed by atoms with Crippen molar-refractivity contribution in [1.29, 1.82) is 0 Å². The Morgan fingerprint density at radius 2 is 2.39 bits per heavy atom. The number of aromatic nitrogens is 1. The molecule has 0 aliphatic carbocycles. The Balaban J connectivity index is 2.05. The zero-order valence-electron chi connectivity index (χ0n) is 10.5. The van der Waals surface area contributed by atoms with Gasteiger partial charge in [-0.15, -0.1) is 11.6 Å². The van der Waals surface area contributed by atoms with Gasteiger partial charge in [0.15, 0.2) is 0 Å². The van der Waals surface area contributed by atoms with Gasteiger partial charge in [-0.1, -0.05) is 0 Å². The van der Waals surface area contributed by atoms with Gasteiger partial charge in [-0.05, 0) is 41.3 Å². The number of anilines is 1. The highest BCUT2D eigenvalue weighted by molar-refractivity contribution is 9.10. The van der Waals surface area contributed by atoms with E-state index in [0.717, 1.165) is 35.4 Å². The van der Waals surface area contributed by atoms with E-state index in [9.17, 15) is 0 Å². The molecule has 3 nitrogen and oxygen atoms in total. The van der Waals surface area contributed by atoms with Crippen LogP contribution >= 0.6 is 27.5 Å². The first-order chi connectivity index (χ1) is 8.70. The van der Waals surface area contributed by atoms with Crippen LogP contribution < -0.4 is 4.90 Å². The summed E-state index contributed by atoms with van der Waals surface area (Å²) in [5, 5.41) is 0. The Morgan fingerprint density at radius 1 is 1.56 bits per heavy atom. The predicted octanol–water partition coefficient (Wildman–Crippen LogP) is 3.59. The number of ether oxygens (including phenoxy) is 1. The van der Waals surface area contributed by atoms with Gasteiger partial charge in [-0.2, -0.15) is 0 Å². The molecule has 2 rings (SSSR count). The maximum atomic E-state index is 5.97. The lowest BCUT2D eigenvalue weighted by Crippen LogP contribution is -2.34. The number of alkyl halides is 1. The van der Waals surface area contributed by atoms with E-state index >= 15 is 0 Å². The smallest absolute Gasteiger partial charge is 0.132 e. The van der Waals surface area contributed by atoms with E-state index in [4.69, 9.17) is 16.3 Å². The molecule has 18 heavy (non-hydrogen) atoms. The van der Waals surface area contributed by atoms with Gasteiger partial charge in [0.25, 0.3) is 0 Å². The lowest BCUT2D eigenvalue weighted by atomic mass is 10.1. The van der Waals surface area contributed by atoms with Crippen LogP contribution in [0.3, 0.4) is 0 Å². The van der Waals surface area contributed by atoms with E-state index in [-0.39, 0.29) is 0 Å². The zero-order valence-corrected chi connectivity index (χ0v) is 12.9. The van der Waals surface area contributed by atoms with Gasteiger partial charge in [-0.3, -0.25) is 0 Å². The van der Waals surface area contributed by atoms with Crippen LogP contribution in [0.1, 0.15) is 24.8 Å². The van der Waals surface area contributed by atoms with Crippen molar-refractivity contribution >= 4 is 33.3 Å². The molecule has 0 spiro atoms. The van der Waals surface area contributed by atoms with Crippen LogP contribution in [0.15, 0.2) is 16.7 Å². The molecule has 0 bridgehead atoms. The first-order valence-electron chi connectivity index (χ1n) is 6.24. The molecular weight excluding hydrogens is 316 g/mol. The quantitative estimate of drug-likeness (QED) is 0.787. The Labute approximate surface area is 122 Å². The second-order valence-electron chi connectivity index (χ2n) is 4.64. The number of likely N-dealkylation sites (N-methyl/N-ethyl adjacent to an activating group) is 1. The van der Waals surface area contributed by atoms with Crippen molar-refractivity contribution in [2.24, 2.45) is 0 Å². The summed E-state index contributed by atoms with van der Waals surface area (Å²) >= 11 is 9.39. The molecule has 1 aliphatic rings. The summed E-state index contributed by atoms with van der Waals surface area (Å²) in [4.78, 5) is 6.59. The van der Waals surface area contributed by atoms with Crippen LogP contribution in [0.4, 0.5) is 5.82 Å². The first kappa shape index (κ1) is 14.1. The number of rotatable bonds is 4. The van der Waals surface area contributed by atoms with Gasteiger partial charge in [0, 0.05) is 36.4 Å². The van der Waals surface area contributed by atoms with Crippen molar-refractivity contribution in [3.8, 4) is 0 Å². The van der Waals surface area contributed by atoms with Crippen molar-refractivity contribution in [3.63, 3.8) is 0 Å². The molecule has 1 atom stereocenters. The normalized spacial score (nSPS) is 19.8. The Hall–Kier alpha value is -0.320. The van der Waals surface area contributed by atoms with Gasteiger partial charge in [-0.25, -0.2) is 4.98 Å². The molecule has 0 aromatic carbocycles. The maximum absolute atomic E-state index is 5.97. The average Bonchev–Trinajstić information content (AvgIpc) is 2.39. The minimum Gasteiger partial charge on any atom is -0.376 e. The van der Waals surface area contributed by atoms with E-state index in [1.54, 1.807) is 0 Å². The molecule has 1 saturated heterocycles. The fourth-order valence-corrected chi connectivity index (χ4v) is 2.83. The first-order valence-corrected chi connectivity index (χ1v) is 7.56. The second kappa shape index (κ2) is 6.73. The summed E-state index contributed by atoms with van der Waals surface area (Å²) < 4.78 is 6.72. The van der Waals surface area contributed by atoms with Crippen LogP contribution in [0, 0.1) is 0 Å². The molecule has 2 heterocycles. The summed E-state index contributed by atoms with van der Waals surface area (Å²) in [7, 11) is 2.05. The number of hydrogen-bond donors (Lipinski definition) is 0. The molecule has 0 N–H and O–H groups in total. The number of nitrogens with zero attached hydrogens (tertiary/aromatic N) is 2. The van der Waals surface area contributed by atoms with E-state index in [0.29, 0.717) is 12.0 Å². The van der Waals surface area contributed by atoms with Crippen molar-refractivity contribution in [1.82, 2.24) is 4.98 Å². The van der Waals surface area contributed by atoms with Crippen molar-refractivity contribution in [2.45, 2.75) is 31.2 Å². The Bertz CT molecular complexity index is 397. The third-order valence-corrected chi connectivity index (χ3v) is 3.89. The number of pyridine rings is 1. The standard InChI is InChI=1S/C13H18BrClN2O/c1-17(9-12-4-2-3-5-18-12)13-10(7-15)6-11(14)8-16-13/h6,8,12H,2-5,7,9H2,1H3. The van der Waals surface area contributed by atoms with Gasteiger partial charge in [0.1, 0.15) is 5.82 Å². The third-order valence-electron chi connectivity index (χ3n) is 3.17. The van der Waals surface area contributed by atoms with Gasteiger partial charge < -0.3 is 9.64 Å². The maximum Gasteiger partial charge on any atom is 0.132 e. The van der Waals surface area contributed by atoms with Crippen molar-refractivity contribution in [2.75, 3.05) is 25.1 Å². The molecule has 1 aliphatic heterocycles. The highest BCUT2D eigenvalue weighted by Gasteiger charge is 2.18. The highest BCUT2D eigenvalue weighted by atomic mass is 79.9. The van der Waals surface area contributed by atoms with E-state index < -0.39 is 0 Å². The van der Waals surface area contributed by atoms with Crippen LogP contribution in [0.25, 0.3) is 0 Å². The largest absolute Gasteiger partial charge is 0.376 e. The summed E-state index contributed by atoms with van der Waals surface area (Å²) in [6, 6.07) is 2.02. The van der Waals surface area contributed by atoms with Crippen LogP contribution in [-0.4, -0.2) is 31.3 Å². The fourth-order valence-electron chi connectivity index (χ4n) is 2.26. The lowest BCUT2D eigenvalue weighted by Gasteiger charge is -2.29. The topological polar surface area (TPSA) is 25.4 Å². The molecule has 100 valence electrons. The van der Waals surface area contributed by atoms with E-state index in [1.807, 2.05) is 19.3 Å². The highest BCUT2D eigenvalue weighted by Crippen LogP contribution is 2.24. The SMILES string of the molecule is CN(CC1CCCCO1)c1ncc(Br)cc1CCl. The third kappa shape index (κ3) is 3.59. The molecule has 1 aromatic rings. The second-order valence-corrected chi connectivity index (χ2v) is 5.82. The molecule has 1 aromatic heterocycles. The van der Waals surface area contributed by atoms with E-state index in [1.165, 1.54) is 12.8 Å². The monoisotopic (exact) mass is 332 g/mol. The minimum atomic E-state index is 0.317. The molecule has 0 radical (unpaired) electrons. The summed E-state index contributed by atoms with van der Waals surface area (Å²) in [6.07, 6.45) is 5.70. The summed E-state index contributed by atoms with van der Waals surface area (Å²) in [5.74, 6) is 1.42. The summed E-state index contributed by atoms with van der Waals surface area (Å²) in [6.45, 7) is 1.76. The van der Waals surface area contributed by atoms with Gasteiger partial charge >= 0.3 is 0 Å².